The quantitative estimate of drug-likeness (QED) is 0.802. The number of rotatable bonds is 5. The van der Waals surface area contributed by atoms with Gasteiger partial charge in [0.05, 0.1) is 7.11 Å². The number of benzene rings is 1. The van der Waals surface area contributed by atoms with Gasteiger partial charge in [0, 0.05) is 16.7 Å². The van der Waals surface area contributed by atoms with Crippen molar-refractivity contribution < 1.29 is 9.47 Å². The van der Waals surface area contributed by atoms with Crippen LogP contribution in [0.15, 0.2) is 41.0 Å². The first-order valence-corrected chi connectivity index (χ1v) is 7.30. The molecule has 0 atom stereocenters. The summed E-state index contributed by atoms with van der Waals surface area (Å²) < 4.78 is 11.8. The highest BCUT2D eigenvalue weighted by atomic mass is 79.9. The van der Waals surface area contributed by atoms with Gasteiger partial charge in [0.2, 0.25) is 0 Å². The molecule has 1 aromatic carbocycles. The predicted octanol–water partition coefficient (Wildman–Crippen LogP) is 4.56. The summed E-state index contributed by atoms with van der Waals surface area (Å²) in [6.45, 7) is 4.84. The molecule has 0 saturated heterocycles. The average molecular weight is 336 g/mol. The Balaban J connectivity index is 2.05. The average Bonchev–Trinajstić information content (AvgIpc) is 2.46. The molecule has 2 rings (SSSR count). The van der Waals surface area contributed by atoms with Gasteiger partial charge in [-0.1, -0.05) is 38.1 Å². The standard InChI is InChI=1S/C16H18BrNO2/c1-11(2)13-6-4-12(5-7-13)10-20-16-15(19-3)8-14(17)9-18-16/h4-9,11H,10H2,1-3H3. The van der Waals surface area contributed by atoms with Crippen molar-refractivity contribution in [3.05, 3.63) is 52.1 Å². The van der Waals surface area contributed by atoms with E-state index in [1.807, 2.05) is 6.07 Å². The van der Waals surface area contributed by atoms with E-state index >= 15 is 0 Å². The zero-order valence-electron chi connectivity index (χ0n) is 11.9. The Labute approximate surface area is 128 Å². The molecule has 0 aliphatic rings. The number of aromatic nitrogens is 1. The van der Waals surface area contributed by atoms with Crippen LogP contribution in [0, 0.1) is 0 Å². The van der Waals surface area contributed by atoms with Crippen molar-refractivity contribution in [3.8, 4) is 11.6 Å². The summed E-state index contributed by atoms with van der Waals surface area (Å²) >= 11 is 3.36. The van der Waals surface area contributed by atoms with Gasteiger partial charge >= 0.3 is 0 Å². The summed E-state index contributed by atoms with van der Waals surface area (Å²) in [4.78, 5) is 4.22. The maximum Gasteiger partial charge on any atom is 0.257 e. The lowest BCUT2D eigenvalue weighted by Crippen LogP contribution is -2.00. The van der Waals surface area contributed by atoms with Crippen molar-refractivity contribution >= 4 is 15.9 Å². The minimum absolute atomic E-state index is 0.476. The zero-order valence-corrected chi connectivity index (χ0v) is 13.5. The monoisotopic (exact) mass is 335 g/mol. The smallest absolute Gasteiger partial charge is 0.257 e. The van der Waals surface area contributed by atoms with Crippen LogP contribution < -0.4 is 9.47 Å². The van der Waals surface area contributed by atoms with Crippen LogP contribution in [0.1, 0.15) is 30.9 Å². The molecular formula is C16H18BrNO2. The van der Waals surface area contributed by atoms with Crippen LogP contribution in [0.25, 0.3) is 0 Å². The van der Waals surface area contributed by atoms with E-state index in [1.165, 1.54) is 5.56 Å². The van der Waals surface area contributed by atoms with E-state index in [1.54, 1.807) is 13.3 Å². The largest absolute Gasteiger partial charge is 0.491 e. The third kappa shape index (κ3) is 3.73. The molecule has 2 aromatic rings. The van der Waals surface area contributed by atoms with E-state index in [4.69, 9.17) is 9.47 Å². The lowest BCUT2D eigenvalue weighted by atomic mass is 10.0. The first kappa shape index (κ1) is 14.9. The third-order valence-corrected chi connectivity index (χ3v) is 3.46. The summed E-state index contributed by atoms with van der Waals surface area (Å²) in [5, 5.41) is 0. The molecule has 1 heterocycles. The van der Waals surface area contributed by atoms with Crippen molar-refractivity contribution in [1.29, 1.82) is 0 Å². The maximum atomic E-state index is 5.71. The summed E-state index contributed by atoms with van der Waals surface area (Å²) in [6.07, 6.45) is 1.69. The second-order valence-corrected chi connectivity index (χ2v) is 5.76. The SMILES string of the molecule is COc1cc(Br)cnc1OCc1ccc(C(C)C)cc1. The molecule has 0 amide bonds. The lowest BCUT2D eigenvalue weighted by molar-refractivity contribution is 0.272. The molecule has 20 heavy (non-hydrogen) atoms. The van der Waals surface area contributed by atoms with Gasteiger partial charge in [-0.3, -0.25) is 0 Å². The second-order valence-electron chi connectivity index (χ2n) is 4.85. The summed E-state index contributed by atoms with van der Waals surface area (Å²) in [5.74, 6) is 1.67. The van der Waals surface area contributed by atoms with E-state index in [9.17, 15) is 0 Å². The van der Waals surface area contributed by atoms with Gasteiger partial charge < -0.3 is 9.47 Å². The van der Waals surface area contributed by atoms with E-state index in [0.29, 0.717) is 24.2 Å². The number of halogens is 1. The van der Waals surface area contributed by atoms with Gasteiger partial charge in [-0.15, -0.1) is 0 Å². The Morgan fingerprint density at radius 2 is 1.90 bits per heavy atom. The lowest BCUT2D eigenvalue weighted by Gasteiger charge is -2.10. The third-order valence-electron chi connectivity index (χ3n) is 3.03. The Morgan fingerprint density at radius 1 is 1.20 bits per heavy atom. The molecular weight excluding hydrogens is 318 g/mol. The highest BCUT2D eigenvalue weighted by Crippen LogP contribution is 2.28. The Bertz CT molecular complexity index is 567. The molecule has 0 radical (unpaired) electrons. The molecule has 1 aromatic heterocycles. The van der Waals surface area contributed by atoms with Gasteiger partial charge in [0.25, 0.3) is 5.88 Å². The minimum Gasteiger partial charge on any atom is -0.491 e. The van der Waals surface area contributed by atoms with Crippen LogP contribution in [-0.2, 0) is 6.61 Å². The number of hydrogen-bond acceptors (Lipinski definition) is 3. The summed E-state index contributed by atoms with van der Waals surface area (Å²) in [6, 6.07) is 10.3. The fourth-order valence-corrected chi connectivity index (χ4v) is 2.12. The number of methoxy groups -OCH3 is 1. The molecule has 0 aliphatic carbocycles. The molecule has 0 fully saturated rings. The van der Waals surface area contributed by atoms with Crippen LogP contribution in [0.5, 0.6) is 11.6 Å². The van der Waals surface area contributed by atoms with E-state index in [0.717, 1.165) is 10.0 Å². The number of hydrogen-bond donors (Lipinski definition) is 0. The molecule has 0 N–H and O–H groups in total. The predicted molar refractivity (Wildman–Crippen MR) is 83.4 cm³/mol. The first-order valence-electron chi connectivity index (χ1n) is 6.51. The van der Waals surface area contributed by atoms with Crippen molar-refractivity contribution in [3.63, 3.8) is 0 Å². The molecule has 4 heteroatoms. The summed E-state index contributed by atoms with van der Waals surface area (Å²) in [7, 11) is 1.60. The molecule has 0 spiro atoms. The van der Waals surface area contributed by atoms with Gasteiger partial charge in [-0.05, 0) is 33.0 Å². The second kappa shape index (κ2) is 6.75. The first-order chi connectivity index (χ1) is 9.60. The van der Waals surface area contributed by atoms with Gasteiger partial charge in [-0.25, -0.2) is 4.98 Å². The number of ether oxygens (including phenoxy) is 2. The van der Waals surface area contributed by atoms with Crippen LogP contribution in [-0.4, -0.2) is 12.1 Å². The summed E-state index contributed by atoms with van der Waals surface area (Å²) in [5.41, 5.74) is 2.44. The highest BCUT2D eigenvalue weighted by molar-refractivity contribution is 9.10. The van der Waals surface area contributed by atoms with Gasteiger partial charge in [0.15, 0.2) is 5.75 Å². The van der Waals surface area contributed by atoms with Crippen molar-refractivity contribution in [2.75, 3.05) is 7.11 Å². The normalized spacial score (nSPS) is 10.7. The zero-order chi connectivity index (χ0) is 14.5. The molecule has 0 bridgehead atoms. The molecule has 0 unspecified atom stereocenters. The van der Waals surface area contributed by atoms with E-state index in [2.05, 4.69) is 59.0 Å². The fourth-order valence-electron chi connectivity index (χ4n) is 1.81. The Kier molecular flexibility index (Phi) is 5.01. The molecule has 3 nitrogen and oxygen atoms in total. The molecule has 0 saturated carbocycles. The minimum atomic E-state index is 0.476. The molecule has 0 aliphatic heterocycles. The Morgan fingerprint density at radius 3 is 2.50 bits per heavy atom. The van der Waals surface area contributed by atoms with Crippen molar-refractivity contribution in [1.82, 2.24) is 4.98 Å². The van der Waals surface area contributed by atoms with Crippen molar-refractivity contribution in [2.45, 2.75) is 26.4 Å². The van der Waals surface area contributed by atoms with Crippen molar-refractivity contribution in [2.24, 2.45) is 0 Å². The molecule has 106 valence electrons. The maximum absolute atomic E-state index is 5.71. The van der Waals surface area contributed by atoms with E-state index in [-0.39, 0.29) is 0 Å². The highest BCUT2D eigenvalue weighted by Gasteiger charge is 2.07. The van der Waals surface area contributed by atoms with Gasteiger partial charge in [0.1, 0.15) is 6.61 Å². The van der Waals surface area contributed by atoms with Gasteiger partial charge in [-0.2, -0.15) is 0 Å². The van der Waals surface area contributed by atoms with Crippen LogP contribution in [0.3, 0.4) is 0 Å². The van der Waals surface area contributed by atoms with E-state index < -0.39 is 0 Å². The van der Waals surface area contributed by atoms with Crippen LogP contribution in [0.2, 0.25) is 0 Å². The fraction of sp³-hybridized carbons (Fsp3) is 0.312. The number of pyridine rings is 1. The Hall–Kier alpha value is -1.55. The van der Waals surface area contributed by atoms with Crippen LogP contribution in [0.4, 0.5) is 0 Å². The van der Waals surface area contributed by atoms with Crippen LogP contribution >= 0.6 is 15.9 Å². The number of nitrogens with zero attached hydrogens (tertiary/aromatic N) is 1. The topological polar surface area (TPSA) is 31.4 Å².